The van der Waals surface area contributed by atoms with E-state index in [4.69, 9.17) is 5.11 Å². The molecule has 1 saturated heterocycles. The van der Waals surface area contributed by atoms with Crippen molar-refractivity contribution in [1.82, 2.24) is 10.2 Å². The molecule has 0 saturated carbocycles. The summed E-state index contributed by atoms with van der Waals surface area (Å²) in [6.45, 7) is 8.35. The van der Waals surface area contributed by atoms with Gasteiger partial charge in [0.1, 0.15) is 0 Å². The lowest BCUT2D eigenvalue weighted by Gasteiger charge is -2.33. The van der Waals surface area contributed by atoms with Crippen LogP contribution in [0.5, 0.6) is 0 Å². The molecule has 1 fully saturated rings. The lowest BCUT2D eigenvalue weighted by atomic mass is 9.90. The van der Waals surface area contributed by atoms with Gasteiger partial charge in [0.15, 0.2) is 0 Å². The summed E-state index contributed by atoms with van der Waals surface area (Å²) >= 11 is 0. The fourth-order valence-corrected chi connectivity index (χ4v) is 2.57. The smallest absolute Gasteiger partial charge is 0.0456 e. The summed E-state index contributed by atoms with van der Waals surface area (Å²) in [7, 11) is 2.21. The Morgan fingerprint density at radius 1 is 1.29 bits per heavy atom. The molecule has 0 aromatic heterocycles. The molecule has 3 heteroatoms. The Balaban J connectivity index is 2.06. The van der Waals surface area contributed by atoms with E-state index in [9.17, 15) is 0 Å². The first-order chi connectivity index (χ1) is 8.13. The molecular weight excluding hydrogens is 212 g/mol. The van der Waals surface area contributed by atoms with Gasteiger partial charge in [0.25, 0.3) is 0 Å². The van der Waals surface area contributed by atoms with E-state index in [1.165, 1.54) is 32.4 Å². The maximum absolute atomic E-state index is 8.95. The molecule has 0 aromatic carbocycles. The first-order valence-corrected chi connectivity index (χ1v) is 7.16. The highest BCUT2D eigenvalue weighted by molar-refractivity contribution is 4.78. The van der Waals surface area contributed by atoms with E-state index < -0.39 is 0 Å². The molecular formula is C14H30N2O. The molecule has 0 spiro atoms. The van der Waals surface area contributed by atoms with Crippen molar-refractivity contribution < 1.29 is 5.11 Å². The second kappa shape index (κ2) is 8.06. The standard InChI is InChI=1S/C14H30N2O/c1-12(11-17)5-4-8-15-13(2)14-6-9-16(3)10-7-14/h12-15,17H,4-11H2,1-3H3. The number of rotatable bonds is 7. The summed E-state index contributed by atoms with van der Waals surface area (Å²) in [5.41, 5.74) is 0. The van der Waals surface area contributed by atoms with Gasteiger partial charge in [-0.25, -0.2) is 0 Å². The normalized spacial score (nSPS) is 22.6. The van der Waals surface area contributed by atoms with Gasteiger partial charge in [-0.15, -0.1) is 0 Å². The lowest BCUT2D eigenvalue weighted by Crippen LogP contribution is -2.41. The molecule has 3 nitrogen and oxygen atoms in total. The third kappa shape index (κ3) is 5.84. The van der Waals surface area contributed by atoms with Crippen molar-refractivity contribution in [2.24, 2.45) is 11.8 Å². The van der Waals surface area contributed by atoms with Gasteiger partial charge in [-0.2, -0.15) is 0 Å². The van der Waals surface area contributed by atoms with Gasteiger partial charge < -0.3 is 15.3 Å². The van der Waals surface area contributed by atoms with E-state index in [-0.39, 0.29) is 0 Å². The van der Waals surface area contributed by atoms with E-state index in [2.05, 4.69) is 31.1 Å². The molecule has 2 atom stereocenters. The summed E-state index contributed by atoms with van der Waals surface area (Å²) in [6.07, 6.45) is 4.97. The fraction of sp³-hybridized carbons (Fsp3) is 1.00. The van der Waals surface area contributed by atoms with Gasteiger partial charge in [0.05, 0.1) is 0 Å². The number of hydrogen-bond donors (Lipinski definition) is 2. The number of nitrogens with one attached hydrogen (secondary N) is 1. The Morgan fingerprint density at radius 2 is 1.94 bits per heavy atom. The minimum absolute atomic E-state index is 0.324. The summed E-state index contributed by atoms with van der Waals surface area (Å²) in [5.74, 6) is 1.30. The van der Waals surface area contributed by atoms with Gasteiger partial charge in [-0.1, -0.05) is 6.92 Å². The van der Waals surface area contributed by atoms with Crippen LogP contribution in [0.2, 0.25) is 0 Å². The molecule has 0 bridgehead atoms. The lowest BCUT2D eigenvalue weighted by molar-refractivity contribution is 0.188. The SMILES string of the molecule is CC(CO)CCCNC(C)C1CCN(C)CC1. The Bertz CT molecular complexity index is 191. The van der Waals surface area contributed by atoms with Crippen molar-refractivity contribution >= 4 is 0 Å². The summed E-state index contributed by atoms with van der Waals surface area (Å²) in [6, 6.07) is 0.646. The average molecular weight is 242 g/mol. The van der Waals surface area contributed by atoms with Gasteiger partial charge in [0, 0.05) is 12.6 Å². The molecule has 1 aliphatic rings. The van der Waals surface area contributed by atoms with Crippen LogP contribution in [0.15, 0.2) is 0 Å². The van der Waals surface area contributed by atoms with E-state index in [1.54, 1.807) is 0 Å². The van der Waals surface area contributed by atoms with Crippen LogP contribution in [-0.4, -0.2) is 49.3 Å². The van der Waals surface area contributed by atoms with Gasteiger partial charge in [-0.05, 0) is 71.1 Å². The van der Waals surface area contributed by atoms with Crippen molar-refractivity contribution in [1.29, 1.82) is 0 Å². The van der Waals surface area contributed by atoms with Crippen LogP contribution >= 0.6 is 0 Å². The van der Waals surface area contributed by atoms with Crippen LogP contribution < -0.4 is 5.32 Å². The van der Waals surface area contributed by atoms with Gasteiger partial charge >= 0.3 is 0 Å². The van der Waals surface area contributed by atoms with Crippen LogP contribution in [0.1, 0.15) is 39.5 Å². The number of hydrogen-bond acceptors (Lipinski definition) is 3. The van der Waals surface area contributed by atoms with Gasteiger partial charge in [0.2, 0.25) is 0 Å². The first-order valence-electron chi connectivity index (χ1n) is 7.16. The Hall–Kier alpha value is -0.120. The minimum atomic E-state index is 0.324. The maximum Gasteiger partial charge on any atom is 0.0456 e. The van der Waals surface area contributed by atoms with Crippen molar-refractivity contribution in [2.45, 2.75) is 45.6 Å². The monoisotopic (exact) mass is 242 g/mol. The fourth-order valence-electron chi connectivity index (χ4n) is 2.57. The second-order valence-electron chi connectivity index (χ2n) is 5.81. The Labute approximate surface area is 107 Å². The zero-order valence-corrected chi connectivity index (χ0v) is 11.8. The van der Waals surface area contributed by atoms with E-state index >= 15 is 0 Å². The first kappa shape index (κ1) is 14.9. The average Bonchev–Trinajstić information content (AvgIpc) is 2.34. The molecule has 1 aliphatic heterocycles. The third-order valence-corrected chi connectivity index (χ3v) is 4.12. The topological polar surface area (TPSA) is 35.5 Å². The van der Waals surface area contributed by atoms with Crippen molar-refractivity contribution in [3.63, 3.8) is 0 Å². The van der Waals surface area contributed by atoms with Crippen LogP contribution in [-0.2, 0) is 0 Å². The predicted octanol–water partition coefficient (Wildman–Crippen LogP) is 1.71. The largest absolute Gasteiger partial charge is 0.396 e. The highest BCUT2D eigenvalue weighted by Crippen LogP contribution is 2.19. The minimum Gasteiger partial charge on any atom is -0.396 e. The number of likely N-dealkylation sites (tertiary alicyclic amines) is 1. The summed E-state index contributed by atoms with van der Waals surface area (Å²) < 4.78 is 0. The van der Waals surface area contributed by atoms with E-state index in [0.29, 0.717) is 18.6 Å². The zero-order valence-electron chi connectivity index (χ0n) is 11.8. The molecule has 1 rings (SSSR count). The molecule has 2 N–H and O–H groups in total. The molecule has 0 amide bonds. The van der Waals surface area contributed by atoms with Crippen LogP contribution in [0.25, 0.3) is 0 Å². The third-order valence-electron chi connectivity index (χ3n) is 4.12. The zero-order chi connectivity index (χ0) is 12.7. The highest BCUT2D eigenvalue weighted by Gasteiger charge is 2.21. The highest BCUT2D eigenvalue weighted by atomic mass is 16.3. The Morgan fingerprint density at radius 3 is 2.53 bits per heavy atom. The molecule has 102 valence electrons. The number of piperidine rings is 1. The molecule has 1 heterocycles. The molecule has 2 unspecified atom stereocenters. The maximum atomic E-state index is 8.95. The van der Waals surface area contributed by atoms with Crippen LogP contribution in [0.3, 0.4) is 0 Å². The van der Waals surface area contributed by atoms with Crippen molar-refractivity contribution in [3.05, 3.63) is 0 Å². The Kier molecular flexibility index (Phi) is 7.09. The van der Waals surface area contributed by atoms with Crippen molar-refractivity contribution in [2.75, 3.05) is 33.3 Å². The molecule has 0 aliphatic carbocycles. The summed E-state index contributed by atoms with van der Waals surface area (Å²) in [5, 5.41) is 12.6. The number of aliphatic hydroxyl groups excluding tert-OH is 1. The number of nitrogens with zero attached hydrogens (tertiary/aromatic N) is 1. The second-order valence-corrected chi connectivity index (χ2v) is 5.81. The molecule has 0 aromatic rings. The van der Waals surface area contributed by atoms with Gasteiger partial charge in [-0.3, -0.25) is 0 Å². The van der Waals surface area contributed by atoms with Crippen molar-refractivity contribution in [3.8, 4) is 0 Å². The van der Waals surface area contributed by atoms with Crippen LogP contribution in [0, 0.1) is 11.8 Å². The molecule has 17 heavy (non-hydrogen) atoms. The quantitative estimate of drug-likeness (QED) is 0.667. The number of aliphatic hydroxyl groups is 1. The van der Waals surface area contributed by atoms with Crippen LogP contribution in [0.4, 0.5) is 0 Å². The molecule has 0 radical (unpaired) electrons. The summed E-state index contributed by atoms with van der Waals surface area (Å²) in [4.78, 5) is 2.42. The van der Waals surface area contributed by atoms with E-state index in [1.807, 2.05) is 0 Å². The predicted molar refractivity (Wildman–Crippen MR) is 73.2 cm³/mol. The van der Waals surface area contributed by atoms with E-state index in [0.717, 1.165) is 18.9 Å².